The second-order valence-corrected chi connectivity index (χ2v) is 6.40. The summed E-state index contributed by atoms with van der Waals surface area (Å²) in [5.74, 6) is 1.21. The summed E-state index contributed by atoms with van der Waals surface area (Å²) in [5, 5.41) is 3.39. The van der Waals surface area contributed by atoms with Crippen molar-refractivity contribution in [2.24, 2.45) is 5.92 Å². The van der Waals surface area contributed by atoms with Gasteiger partial charge in [0, 0.05) is 6.04 Å². The van der Waals surface area contributed by atoms with Crippen molar-refractivity contribution in [1.82, 2.24) is 5.32 Å². The van der Waals surface area contributed by atoms with E-state index in [1.54, 1.807) is 0 Å². The van der Waals surface area contributed by atoms with Crippen LogP contribution in [-0.2, 0) is 9.84 Å². The van der Waals surface area contributed by atoms with Crippen molar-refractivity contribution in [3.05, 3.63) is 0 Å². The Balaban J connectivity index is 2.37. The first-order chi connectivity index (χ1) is 6.57. The average molecular weight is 219 g/mol. The maximum atomic E-state index is 11.2. The van der Waals surface area contributed by atoms with Crippen LogP contribution in [0.15, 0.2) is 0 Å². The maximum absolute atomic E-state index is 11.2. The quantitative estimate of drug-likeness (QED) is 0.756. The molecule has 1 aliphatic heterocycles. The van der Waals surface area contributed by atoms with Crippen molar-refractivity contribution < 1.29 is 8.42 Å². The third-order valence-electron chi connectivity index (χ3n) is 2.93. The molecule has 1 heterocycles. The fraction of sp³-hybridized carbons (Fsp3) is 1.00. The van der Waals surface area contributed by atoms with Crippen molar-refractivity contribution in [2.45, 2.75) is 39.2 Å². The molecule has 0 radical (unpaired) electrons. The SMILES string of the molecule is CCNC(CC)CC1CCS(=O)(=O)C1. The highest BCUT2D eigenvalue weighted by atomic mass is 32.2. The van der Waals surface area contributed by atoms with E-state index in [2.05, 4.69) is 19.2 Å². The van der Waals surface area contributed by atoms with Crippen LogP contribution in [0.25, 0.3) is 0 Å². The fourth-order valence-corrected chi connectivity index (χ4v) is 4.02. The Morgan fingerprint density at radius 2 is 2.14 bits per heavy atom. The maximum Gasteiger partial charge on any atom is 0.150 e. The van der Waals surface area contributed by atoms with Crippen molar-refractivity contribution in [3.8, 4) is 0 Å². The first-order valence-corrected chi connectivity index (χ1v) is 7.33. The largest absolute Gasteiger partial charge is 0.314 e. The summed E-state index contributed by atoms with van der Waals surface area (Å²) >= 11 is 0. The number of rotatable bonds is 5. The highest BCUT2D eigenvalue weighted by Crippen LogP contribution is 2.23. The van der Waals surface area contributed by atoms with Crippen LogP contribution in [0.5, 0.6) is 0 Å². The Morgan fingerprint density at radius 1 is 1.43 bits per heavy atom. The molecule has 84 valence electrons. The summed E-state index contributed by atoms with van der Waals surface area (Å²) in [6.45, 7) is 5.21. The zero-order chi connectivity index (χ0) is 10.6. The molecule has 1 N–H and O–H groups in total. The molecule has 3 nitrogen and oxygen atoms in total. The molecule has 0 aromatic carbocycles. The van der Waals surface area contributed by atoms with Gasteiger partial charge in [-0.3, -0.25) is 0 Å². The molecule has 1 aliphatic rings. The number of hydrogen-bond donors (Lipinski definition) is 1. The number of sulfone groups is 1. The van der Waals surface area contributed by atoms with Gasteiger partial charge in [-0.15, -0.1) is 0 Å². The van der Waals surface area contributed by atoms with E-state index >= 15 is 0 Å². The molecule has 2 atom stereocenters. The smallest absolute Gasteiger partial charge is 0.150 e. The molecule has 1 saturated heterocycles. The molecule has 4 heteroatoms. The topological polar surface area (TPSA) is 46.2 Å². The monoisotopic (exact) mass is 219 g/mol. The van der Waals surface area contributed by atoms with Crippen LogP contribution in [-0.4, -0.2) is 32.5 Å². The third-order valence-corrected chi connectivity index (χ3v) is 4.77. The Hall–Kier alpha value is -0.0900. The lowest BCUT2D eigenvalue weighted by molar-refractivity contribution is 0.403. The van der Waals surface area contributed by atoms with E-state index in [4.69, 9.17) is 0 Å². The first-order valence-electron chi connectivity index (χ1n) is 5.51. The Kier molecular flexibility index (Phi) is 4.38. The minimum absolute atomic E-state index is 0.393. The van der Waals surface area contributed by atoms with E-state index in [0.29, 0.717) is 23.5 Å². The predicted molar refractivity (Wildman–Crippen MR) is 59.1 cm³/mol. The second-order valence-electron chi connectivity index (χ2n) is 4.17. The molecule has 0 spiro atoms. The van der Waals surface area contributed by atoms with E-state index in [-0.39, 0.29) is 0 Å². The van der Waals surface area contributed by atoms with Gasteiger partial charge in [-0.25, -0.2) is 8.42 Å². The van der Waals surface area contributed by atoms with E-state index in [1.165, 1.54) is 0 Å². The van der Waals surface area contributed by atoms with Gasteiger partial charge in [0.25, 0.3) is 0 Å². The summed E-state index contributed by atoms with van der Waals surface area (Å²) in [6, 6.07) is 0.498. The van der Waals surface area contributed by atoms with Gasteiger partial charge in [0.15, 0.2) is 9.84 Å². The van der Waals surface area contributed by atoms with E-state index < -0.39 is 9.84 Å². The molecule has 14 heavy (non-hydrogen) atoms. The van der Waals surface area contributed by atoms with Crippen LogP contribution >= 0.6 is 0 Å². The summed E-state index contributed by atoms with van der Waals surface area (Å²) < 4.78 is 22.5. The van der Waals surface area contributed by atoms with Crippen molar-refractivity contribution in [2.75, 3.05) is 18.1 Å². The fourth-order valence-electron chi connectivity index (χ4n) is 2.14. The molecule has 0 saturated carbocycles. The van der Waals surface area contributed by atoms with Crippen molar-refractivity contribution in [3.63, 3.8) is 0 Å². The molecule has 1 rings (SSSR count). The molecule has 0 aromatic heterocycles. The Bertz CT molecular complexity index is 261. The van der Waals surface area contributed by atoms with Gasteiger partial charge < -0.3 is 5.32 Å². The Morgan fingerprint density at radius 3 is 2.57 bits per heavy atom. The summed E-state index contributed by atoms with van der Waals surface area (Å²) in [6.07, 6.45) is 2.97. The van der Waals surface area contributed by atoms with Crippen molar-refractivity contribution in [1.29, 1.82) is 0 Å². The molecular formula is C10H21NO2S. The molecule has 0 aromatic rings. The van der Waals surface area contributed by atoms with Gasteiger partial charge in [0.05, 0.1) is 11.5 Å². The number of hydrogen-bond acceptors (Lipinski definition) is 3. The highest BCUT2D eigenvalue weighted by molar-refractivity contribution is 7.91. The Labute approximate surface area is 87.2 Å². The van der Waals surface area contributed by atoms with Gasteiger partial charge >= 0.3 is 0 Å². The zero-order valence-corrected chi connectivity index (χ0v) is 9.94. The minimum Gasteiger partial charge on any atom is -0.314 e. The first kappa shape index (κ1) is 12.0. The second kappa shape index (κ2) is 5.12. The normalized spacial score (nSPS) is 27.7. The van der Waals surface area contributed by atoms with E-state index in [0.717, 1.165) is 25.8 Å². The molecule has 0 bridgehead atoms. The van der Waals surface area contributed by atoms with Crippen LogP contribution < -0.4 is 5.32 Å². The summed E-state index contributed by atoms with van der Waals surface area (Å²) in [5.41, 5.74) is 0. The van der Waals surface area contributed by atoms with Gasteiger partial charge in [-0.1, -0.05) is 13.8 Å². The zero-order valence-electron chi connectivity index (χ0n) is 9.12. The summed E-state index contributed by atoms with van der Waals surface area (Å²) in [4.78, 5) is 0. The lowest BCUT2D eigenvalue weighted by Crippen LogP contribution is -2.30. The highest BCUT2D eigenvalue weighted by Gasteiger charge is 2.28. The third kappa shape index (κ3) is 3.58. The molecule has 2 unspecified atom stereocenters. The van der Waals surface area contributed by atoms with Gasteiger partial charge in [-0.2, -0.15) is 0 Å². The van der Waals surface area contributed by atoms with Crippen molar-refractivity contribution >= 4 is 9.84 Å². The molecule has 0 aliphatic carbocycles. The van der Waals surface area contributed by atoms with E-state index in [1.807, 2.05) is 0 Å². The lowest BCUT2D eigenvalue weighted by atomic mass is 9.98. The number of nitrogens with one attached hydrogen (secondary N) is 1. The van der Waals surface area contributed by atoms with Gasteiger partial charge in [0.1, 0.15) is 0 Å². The lowest BCUT2D eigenvalue weighted by Gasteiger charge is -2.18. The van der Waals surface area contributed by atoms with Crippen LogP contribution in [0.2, 0.25) is 0 Å². The predicted octanol–water partition coefficient (Wildman–Crippen LogP) is 1.20. The molecule has 0 amide bonds. The van der Waals surface area contributed by atoms with Crippen LogP contribution in [0.1, 0.15) is 33.1 Å². The van der Waals surface area contributed by atoms with Crippen LogP contribution in [0, 0.1) is 5.92 Å². The molecule has 1 fully saturated rings. The van der Waals surface area contributed by atoms with Crippen LogP contribution in [0.4, 0.5) is 0 Å². The van der Waals surface area contributed by atoms with E-state index in [9.17, 15) is 8.42 Å². The van der Waals surface area contributed by atoms with Gasteiger partial charge in [0.2, 0.25) is 0 Å². The van der Waals surface area contributed by atoms with Gasteiger partial charge in [-0.05, 0) is 31.7 Å². The standard InChI is InChI=1S/C10H21NO2S/c1-3-10(11-4-2)7-9-5-6-14(12,13)8-9/h9-11H,3-8H2,1-2H3. The molecular weight excluding hydrogens is 198 g/mol. The summed E-state index contributed by atoms with van der Waals surface area (Å²) in [7, 11) is -2.69. The average Bonchev–Trinajstić information content (AvgIpc) is 2.45. The minimum atomic E-state index is -2.69. The van der Waals surface area contributed by atoms with Crippen LogP contribution in [0.3, 0.4) is 0 Å².